The lowest BCUT2D eigenvalue weighted by molar-refractivity contribution is 0.0913. The number of halogens is 1. The van der Waals surface area contributed by atoms with Crippen LogP contribution in [-0.4, -0.2) is 17.1 Å². The molecule has 2 aromatic carbocycles. The lowest BCUT2D eigenvalue weighted by Crippen LogP contribution is -2.34. The molecule has 0 saturated heterocycles. The third kappa shape index (κ3) is 4.15. The first kappa shape index (κ1) is 16.2. The maximum atomic E-state index is 13.7. The van der Waals surface area contributed by atoms with E-state index in [9.17, 15) is 14.3 Å². The van der Waals surface area contributed by atoms with Crippen molar-refractivity contribution in [2.24, 2.45) is 0 Å². The molecule has 0 aromatic heterocycles. The number of carbonyl (C=O) groups excluding carboxylic acids is 1. The Bertz CT molecular complexity index is 643. The number of hydrogen-bond acceptors (Lipinski definition) is 2. The van der Waals surface area contributed by atoms with E-state index in [-0.39, 0.29) is 11.6 Å². The molecule has 116 valence electrons. The smallest absolute Gasteiger partial charge is 0.254 e. The quantitative estimate of drug-likeness (QED) is 0.889. The van der Waals surface area contributed by atoms with Crippen LogP contribution in [0.15, 0.2) is 48.5 Å². The number of aryl methyl sites for hydroxylation is 1. The lowest BCUT2D eigenvalue weighted by atomic mass is 10.0. The second-order valence-electron chi connectivity index (χ2n) is 5.52. The predicted octanol–water partition coefficient (Wildman–Crippen LogP) is 3.38. The molecule has 0 heterocycles. The Morgan fingerprint density at radius 3 is 2.59 bits per heavy atom. The summed E-state index contributed by atoms with van der Waals surface area (Å²) < 4.78 is 13.7. The van der Waals surface area contributed by atoms with Gasteiger partial charge in [-0.25, -0.2) is 4.39 Å². The molecule has 0 spiro atoms. The molecule has 1 amide bonds. The van der Waals surface area contributed by atoms with Gasteiger partial charge in [0.1, 0.15) is 5.82 Å². The van der Waals surface area contributed by atoms with Gasteiger partial charge in [0, 0.05) is 6.04 Å². The third-order valence-corrected chi connectivity index (χ3v) is 3.51. The summed E-state index contributed by atoms with van der Waals surface area (Å²) in [5.41, 5.74) is 1.65. The van der Waals surface area contributed by atoms with Gasteiger partial charge in [0.2, 0.25) is 0 Å². The van der Waals surface area contributed by atoms with Crippen molar-refractivity contribution in [2.75, 3.05) is 0 Å². The van der Waals surface area contributed by atoms with Crippen molar-refractivity contribution in [3.8, 4) is 0 Å². The van der Waals surface area contributed by atoms with Crippen LogP contribution in [0.25, 0.3) is 0 Å². The first-order chi connectivity index (χ1) is 10.5. The van der Waals surface area contributed by atoms with E-state index >= 15 is 0 Å². The van der Waals surface area contributed by atoms with Gasteiger partial charge in [0.25, 0.3) is 5.91 Å². The number of aliphatic hydroxyl groups is 1. The largest absolute Gasteiger partial charge is 0.388 e. The highest BCUT2D eigenvalue weighted by atomic mass is 19.1. The highest BCUT2D eigenvalue weighted by Gasteiger charge is 2.17. The van der Waals surface area contributed by atoms with Gasteiger partial charge >= 0.3 is 0 Å². The van der Waals surface area contributed by atoms with Crippen LogP contribution in [-0.2, 0) is 0 Å². The zero-order valence-corrected chi connectivity index (χ0v) is 12.7. The van der Waals surface area contributed by atoms with E-state index in [4.69, 9.17) is 0 Å². The lowest BCUT2D eigenvalue weighted by Gasteiger charge is -2.18. The monoisotopic (exact) mass is 301 g/mol. The molecule has 22 heavy (non-hydrogen) atoms. The Labute approximate surface area is 129 Å². The molecular formula is C18H20FNO2. The van der Waals surface area contributed by atoms with Crippen molar-refractivity contribution in [3.63, 3.8) is 0 Å². The molecule has 0 fully saturated rings. The van der Waals surface area contributed by atoms with Gasteiger partial charge in [-0.3, -0.25) is 4.79 Å². The number of carbonyl (C=O) groups is 1. The number of hydrogen-bond donors (Lipinski definition) is 2. The fraction of sp³-hybridized carbons (Fsp3) is 0.278. The van der Waals surface area contributed by atoms with E-state index in [1.807, 2.05) is 30.3 Å². The zero-order valence-electron chi connectivity index (χ0n) is 12.7. The molecular weight excluding hydrogens is 281 g/mol. The topological polar surface area (TPSA) is 49.3 Å². The van der Waals surface area contributed by atoms with Crippen LogP contribution in [0.4, 0.5) is 4.39 Å². The van der Waals surface area contributed by atoms with Gasteiger partial charge in [-0.1, -0.05) is 42.0 Å². The fourth-order valence-electron chi connectivity index (χ4n) is 2.32. The van der Waals surface area contributed by atoms with Gasteiger partial charge < -0.3 is 10.4 Å². The Kier molecular flexibility index (Phi) is 5.28. The average Bonchev–Trinajstić information content (AvgIpc) is 2.50. The SMILES string of the molecule is Cc1ccc(F)c(C(=O)NC(C)CC(O)c2ccccc2)c1. The van der Waals surface area contributed by atoms with Crippen molar-refractivity contribution in [3.05, 3.63) is 71.0 Å². The average molecular weight is 301 g/mol. The zero-order chi connectivity index (χ0) is 16.1. The molecule has 2 rings (SSSR count). The summed E-state index contributed by atoms with van der Waals surface area (Å²) in [4.78, 5) is 12.1. The molecule has 0 bridgehead atoms. The van der Waals surface area contributed by atoms with E-state index in [1.54, 1.807) is 19.9 Å². The highest BCUT2D eigenvalue weighted by molar-refractivity contribution is 5.94. The minimum Gasteiger partial charge on any atom is -0.388 e. The van der Waals surface area contributed by atoms with Crippen LogP contribution < -0.4 is 5.32 Å². The van der Waals surface area contributed by atoms with Crippen LogP contribution in [0.5, 0.6) is 0 Å². The minimum absolute atomic E-state index is 0.0288. The minimum atomic E-state index is -0.668. The fourth-order valence-corrected chi connectivity index (χ4v) is 2.32. The van der Waals surface area contributed by atoms with Gasteiger partial charge in [-0.05, 0) is 38.0 Å². The number of rotatable bonds is 5. The van der Waals surface area contributed by atoms with Crippen LogP contribution in [0.3, 0.4) is 0 Å². The second-order valence-corrected chi connectivity index (χ2v) is 5.52. The standard InChI is InChI=1S/C18H20FNO2/c1-12-8-9-16(19)15(10-12)18(22)20-13(2)11-17(21)14-6-4-3-5-7-14/h3-10,13,17,21H,11H2,1-2H3,(H,20,22). The normalized spacial score (nSPS) is 13.5. The summed E-state index contributed by atoms with van der Waals surface area (Å²) in [5, 5.41) is 12.9. The predicted molar refractivity (Wildman–Crippen MR) is 84.1 cm³/mol. The van der Waals surface area contributed by atoms with Crippen LogP contribution in [0, 0.1) is 12.7 Å². The first-order valence-electron chi connectivity index (χ1n) is 7.27. The number of benzene rings is 2. The molecule has 2 N–H and O–H groups in total. The maximum Gasteiger partial charge on any atom is 0.254 e. The van der Waals surface area contributed by atoms with E-state index in [0.29, 0.717) is 6.42 Å². The van der Waals surface area contributed by atoms with Crippen LogP contribution >= 0.6 is 0 Å². The molecule has 0 aliphatic carbocycles. The summed E-state index contributed by atoms with van der Waals surface area (Å²) in [6.07, 6.45) is -0.303. The number of nitrogens with one attached hydrogen (secondary N) is 1. The Morgan fingerprint density at radius 1 is 1.23 bits per heavy atom. The highest BCUT2D eigenvalue weighted by Crippen LogP contribution is 2.18. The second kappa shape index (κ2) is 7.18. The molecule has 4 heteroatoms. The van der Waals surface area contributed by atoms with E-state index in [0.717, 1.165) is 11.1 Å². The van der Waals surface area contributed by atoms with Gasteiger partial charge in [-0.15, -0.1) is 0 Å². The Morgan fingerprint density at radius 2 is 1.91 bits per heavy atom. The van der Waals surface area contributed by atoms with Gasteiger partial charge in [0.15, 0.2) is 0 Å². The van der Waals surface area contributed by atoms with Crippen molar-refractivity contribution in [1.82, 2.24) is 5.32 Å². The molecule has 3 nitrogen and oxygen atoms in total. The summed E-state index contributed by atoms with van der Waals surface area (Å²) >= 11 is 0. The molecule has 2 unspecified atom stereocenters. The number of aliphatic hydroxyl groups excluding tert-OH is 1. The van der Waals surface area contributed by atoms with E-state index in [2.05, 4.69) is 5.32 Å². The van der Waals surface area contributed by atoms with Crippen LogP contribution in [0.1, 0.15) is 40.9 Å². The van der Waals surface area contributed by atoms with Gasteiger partial charge in [-0.2, -0.15) is 0 Å². The van der Waals surface area contributed by atoms with E-state index < -0.39 is 17.8 Å². The van der Waals surface area contributed by atoms with E-state index in [1.165, 1.54) is 12.1 Å². The van der Waals surface area contributed by atoms with Gasteiger partial charge in [0.05, 0.1) is 11.7 Å². The van der Waals surface area contributed by atoms with Crippen molar-refractivity contribution >= 4 is 5.91 Å². The molecule has 0 aliphatic rings. The Hall–Kier alpha value is -2.20. The molecule has 0 radical (unpaired) electrons. The summed E-state index contributed by atoms with van der Waals surface area (Å²) in [6, 6.07) is 13.4. The summed E-state index contributed by atoms with van der Waals surface area (Å²) in [6.45, 7) is 3.59. The Balaban J connectivity index is 1.98. The first-order valence-corrected chi connectivity index (χ1v) is 7.27. The molecule has 0 saturated carbocycles. The molecule has 2 atom stereocenters. The molecule has 0 aliphatic heterocycles. The van der Waals surface area contributed by atoms with Crippen molar-refractivity contribution in [1.29, 1.82) is 0 Å². The van der Waals surface area contributed by atoms with Crippen LogP contribution in [0.2, 0.25) is 0 Å². The van der Waals surface area contributed by atoms with Crippen molar-refractivity contribution < 1.29 is 14.3 Å². The number of amides is 1. The summed E-state index contributed by atoms with van der Waals surface area (Å²) in [7, 11) is 0. The molecule has 2 aromatic rings. The van der Waals surface area contributed by atoms with Crippen molar-refractivity contribution in [2.45, 2.75) is 32.4 Å². The summed E-state index contributed by atoms with van der Waals surface area (Å²) in [5.74, 6) is -1.01. The maximum absolute atomic E-state index is 13.7. The third-order valence-electron chi connectivity index (χ3n) is 3.51.